The van der Waals surface area contributed by atoms with Crippen molar-refractivity contribution in [1.82, 2.24) is 4.90 Å². The van der Waals surface area contributed by atoms with Gasteiger partial charge in [-0.25, -0.2) is 0 Å². The number of hydrogen-bond donors (Lipinski definition) is 0. The van der Waals surface area contributed by atoms with Crippen LogP contribution in [0.1, 0.15) is 70.8 Å². The van der Waals surface area contributed by atoms with Crippen LogP contribution in [0.5, 0.6) is 0 Å². The molecule has 3 rings (SSSR count). The van der Waals surface area contributed by atoms with Crippen LogP contribution in [-0.4, -0.2) is 36.3 Å². The lowest BCUT2D eigenvalue weighted by molar-refractivity contribution is 0.146. The van der Waals surface area contributed by atoms with Crippen molar-refractivity contribution >= 4 is 5.71 Å². The molecule has 1 atom stereocenters. The zero-order valence-electron chi connectivity index (χ0n) is 17.3. The summed E-state index contributed by atoms with van der Waals surface area (Å²) in [5, 5.41) is 4.57. The fourth-order valence-corrected chi connectivity index (χ4v) is 4.61. The van der Waals surface area contributed by atoms with Crippen molar-refractivity contribution in [1.29, 1.82) is 0 Å². The van der Waals surface area contributed by atoms with Crippen LogP contribution in [0, 0.1) is 0 Å². The molecule has 0 aliphatic heterocycles. The highest BCUT2D eigenvalue weighted by Gasteiger charge is 2.29. The minimum atomic E-state index is 0.666. The Labute approximate surface area is 165 Å². The zero-order chi connectivity index (χ0) is 18.9. The summed E-state index contributed by atoms with van der Waals surface area (Å²) in [7, 11) is 0. The van der Waals surface area contributed by atoms with E-state index in [4.69, 9.17) is 4.84 Å². The van der Waals surface area contributed by atoms with Gasteiger partial charge in [0.1, 0.15) is 6.61 Å². The Morgan fingerprint density at radius 2 is 1.81 bits per heavy atom. The minimum Gasteiger partial charge on any atom is -0.395 e. The molecule has 0 fully saturated rings. The number of nitrogens with zero attached hydrogens (tertiary/aromatic N) is 2. The van der Waals surface area contributed by atoms with Gasteiger partial charge < -0.3 is 9.74 Å². The molecule has 0 radical (unpaired) electrons. The van der Waals surface area contributed by atoms with Gasteiger partial charge in [-0.2, -0.15) is 0 Å². The molecule has 0 bridgehead atoms. The molecule has 3 heteroatoms. The monoisotopic (exact) mass is 368 g/mol. The molecule has 0 aromatic heterocycles. The van der Waals surface area contributed by atoms with Crippen molar-refractivity contribution in [3.63, 3.8) is 0 Å². The molecule has 1 aromatic carbocycles. The fraction of sp³-hybridized carbons (Fsp3) is 0.625. The first-order chi connectivity index (χ1) is 13.3. The van der Waals surface area contributed by atoms with Crippen molar-refractivity contribution in [2.75, 3.05) is 19.7 Å². The second-order valence-electron chi connectivity index (χ2n) is 7.98. The second-order valence-corrected chi connectivity index (χ2v) is 7.98. The Bertz CT molecular complexity index is 629. The van der Waals surface area contributed by atoms with E-state index in [1.54, 1.807) is 5.57 Å². The van der Waals surface area contributed by atoms with Gasteiger partial charge in [-0.15, -0.1) is 0 Å². The first-order valence-electron chi connectivity index (χ1n) is 11.0. The normalized spacial score (nSPS) is 21.6. The SMILES string of the molecule is CCCN(CCC)C1CCC2=C(CCCC2=NOCCc2ccccc2)C1. The number of oxime groups is 1. The molecule has 0 saturated heterocycles. The smallest absolute Gasteiger partial charge is 0.121 e. The Morgan fingerprint density at radius 1 is 1.04 bits per heavy atom. The van der Waals surface area contributed by atoms with Gasteiger partial charge in [0.2, 0.25) is 0 Å². The molecule has 0 N–H and O–H groups in total. The molecule has 1 aromatic rings. The van der Waals surface area contributed by atoms with Crippen molar-refractivity contribution in [3.05, 3.63) is 47.0 Å². The molecular weight excluding hydrogens is 332 g/mol. The maximum Gasteiger partial charge on any atom is 0.121 e. The number of allylic oxidation sites excluding steroid dienone is 1. The predicted octanol–water partition coefficient (Wildman–Crippen LogP) is 5.76. The highest BCUT2D eigenvalue weighted by atomic mass is 16.6. The number of hydrogen-bond acceptors (Lipinski definition) is 3. The Balaban J connectivity index is 1.57. The van der Waals surface area contributed by atoms with E-state index < -0.39 is 0 Å². The average Bonchev–Trinajstić information content (AvgIpc) is 2.71. The van der Waals surface area contributed by atoms with Crippen LogP contribution in [0.15, 0.2) is 46.6 Å². The maximum atomic E-state index is 5.72. The van der Waals surface area contributed by atoms with E-state index in [1.165, 1.54) is 74.9 Å². The van der Waals surface area contributed by atoms with Crippen molar-refractivity contribution in [3.8, 4) is 0 Å². The van der Waals surface area contributed by atoms with Gasteiger partial charge in [0.05, 0.1) is 5.71 Å². The third-order valence-electron chi connectivity index (χ3n) is 5.91. The van der Waals surface area contributed by atoms with Crippen LogP contribution in [0.2, 0.25) is 0 Å². The predicted molar refractivity (Wildman–Crippen MR) is 114 cm³/mol. The van der Waals surface area contributed by atoms with E-state index in [2.05, 4.69) is 54.2 Å². The molecule has 0 amide bonds. The summed E-state index contributed by atoms with van der Waals surface area (Å²) in [6.07, 6.45) is 10.7. The van der Waals surface area contributed by atoms with E-state index in [0.717, 1.165) is 18.9 Å². The summed E-state index contributed by atoms with van der Waals surface area (Å²) in [5.41, 5.74) is 5.75. The van der Waals surface area contributed by atoms with Gasteiger partial charge in [0.25, 0.3) is 0 Å². The van der Waals surface area contributed by atoms with E-state index in [1.807, 2.05) is 0 Å². The molecule has 0 saturated carbocycles. The fourth-order valence-electron chi connectivity index (χ4n) is 4.61. The summed E-state index contributed by atoms with van der Waals surface area (Å²) in [4.78, 5) is 8.45. The van der Waals surface area contributed by atoms with Gasteiger partial charge in [-0.1, -0.05) is 54.9 Å². The molecule has 1 unspecified atom stereocenters. The van der Waals surface area contributed by atoms with E-state index in [-0.39, 0.29) is 0 Å². The lowest BCUT2D eigenvalue weighted by Gasteiger charge is -2.37. The van der Waals surface area contributed by atoms with Crippen LogP contribution in [0.3, 0.4) is 0 Å². The quantitative estimate of drug-likeness (QED) is 0.409. The molecule has 0 heterocycles. The standard InChI is InChI=1S/C24H36N2O/c1-3-16-26(17-4-2)22-13-14-23-21(19-22)11-8-12-24(23)25-27-18-15-20-9-6-5-7-10-20/h5-7,9-10,22H,3-4,8,11-19H2,1-2H3. The van der Waals surface area contributed by atoms with Crippen molar-refractivity contribution in [2.24, 2.45) is 5.16 Å². The third-order valence-corrected chi connectivity index (χ3v) is 5.91. The van der Waals surface area contributed by atoms with Gasteiger partial charge in [-0.3, -0.25) is 0 Å². The van der Waals surface area contributed by atoms with Gasteiger partial charge in [0, 0.05) is 12.5 Å². The lowest BCUT2D eigenvalue weighted by Crippen LogP contribution is -2.39. The minimum absolute atomic E-state index is 0.666. The number of benzene rings is 1. The Morgan fingerprint density at radius 3 is 2.56 bits per heavy atom. The number of rotatable bonds is 9. The van der Waals surface area contributed by atoms with Gasteiger partial charge in [-0.05, 0) is 75.6 Å². The molecule has 27 heavy (non-hydrogen) atoms. The summed E-state index contributed by atoms with van der Waals surface area (Å²) < 4.78 is 0. The van der Waals surface area contributed by atoms with Crippen molar-refractivity contribution < 1.29 is 4.84 Å². The molecule has 0 spiro atoms. The highest BCUT2D eigenvalue weighted by molar-refractivity contribution is 6.01. The van der Waals surface area contributed by atoms with Crippen molar-refractivity contribution in [2.45, 2.75) is 77.7 Å². The molecule has 148 valence electrons. The average molecular weight is 369 g/mol. The zero-order valence-corrected chi connectivity index (χ0v) is 17.3. The second kappa shape index (κ2) is 10.7. The summed E-state index contributed by atoms with van der Waals surface area (Å²) in [5.74, 6) is 0. The van der Waals surface area contributed by atoms with E-state index in [9.17, 15) is 0 Å². The topological polar surface area (TPSA) is 24.8 Å². The Hall–Kier alpha value is -1.61. The van der Waals surface area contributed by atoms with Crippen LogP contribution in [-0.2, 0) is 11.3 Å². The van der Waals surface area contributed by atoms with Gasteiger partial charge in [0.15, 0.2) is 0 Å². The Kier molecular flexibility index (Phi) is 7.94. The van der Waals surface area contributed by atoms with Crippen LogP contribution >= 0.6 is 0 Å². The highest BCUT2D eigenvalue weighted by Crippen LogP contribution is 2.36. The van der Waals surface area contributed by atoms with E-state index >= 15 is 0 Å². The first kappa shape index (κ1) is 20.1. The third kappa shape index (κ3) is 5.68. The lowest BCUT2D eigenvalue weighted by atomic mass is 9.78. The molecule has 3 nitrogen and oxygen atoms in total. The maximum absolute atomic E-state index is 5.72. The largest absolute Gasteiger partial charge is 0.395 e. The van der Waals surface area contributed by atoms with Gasteiger partial charge >= 0.3 is 0 Å². The van der Waals surface area contributed by atoms with Crippen LogP contribution in [0.4, 0.5) is 0 Å². The summed E-state index contributed by atoms with van der Waals surface area (Å²) >= 11 is 0. The van der Waals surface area contributed by atoms with Crippen LogP contribution < -0.4 is 0 Å². The summed E-state index contributed by atoms with van der Waals surface area (Å²) in [6, 6.07) is 11.3. The van der Waals surface area contributed by atoms with Crippen LogP contribution in [0.25, 0.3) is 0 Å². The van der Waals surface area contributed by atoms with E-state index in [0.29, 0.717) is 6.61 Å². The molecular formula is C24H36N2O. The molecule has 2 aliphatic carbocycles. The summed E-state index contributed by atoms with van der Waals surface area (Å²) in [6.45, 7) is 7.75. The first-order valence-corrected chi connectivity index (χ1v) is 11.0. The molecule has 2 aliphatic rings.